The van der Waals surface area contributed by atoms with Gasteiger partial charge in [-0.25, -0.2) is 9.78 Å². The number of hydrogen-bond acceptors (Lipinski definition) is 6. The van der Waals surface area contributed by atoms with E-state index in [-0.39, 0.29) is 11.8 Å². The van der Waals surface area contributed by atoms with Crippen molar-refractivity contribution in [2.24, 2.45) is 11.8 Å². The van der Waals surface area contributed by atoms with Crippen LogP contribution in [-0.4, -0.2) is 42.0 Å². The lowest BCUT2D eigenvalue weighted by Crippen LogP contribution is -2.33. The predicted molar refractivity (Wildman–Crippen MR) is 106 cm³/mol. The van der Waals surface area contributed by atoms with E-state index in [1.807, 2.05) is 12.1 Å². The van der Waals surface area contributed by atoms with Crippen LogP contribution in [0.3, 0.4) is 0 Å². The number of carbonyl (C=O) groups excluding carboxylic acids is 2. The Kier molecular flexibility index (Phi) is 5.14. The molecule has 4 rings (SSSR count). The molecule has 1 aliphatic carbocycles. The summed E-state index contributed by atoms with van der Waals surface area (Å²) < 4.78 is 4.91. The molecule has 0 aromatic carbocycles. The molecule has 3 heterocycles. The van der Waals surface area contributed by atoms with Crippen molar-refractivity contribution in [1.29, 1.82) is 0 Å². The van der Waals surface area contributed by atoms with Gasteiger partial charge in [0.05, 0.1) is 18.5 Å². The van der Waals surface area contributed by atoms with Gasteiger partial charge in [0.2, 0.25) is 5.91 Å². The number of amides is 1. The normalized spacial score (nSPS) is 20.6. The number of methoxy groups -OCH3 is 1. The Hall–Kier alpha value is -1.99. The van der Waals surface area contributed by atoms with Gasteiger partial charge in [-0.3, -0.25) is 9.69 Å². The van der Waals surface area contributed by atoms with E-state index in [1.165, 1.54) is 31.3 Å². The fourth-order valence-electron chi connectivity index (χ4n) is 3.70. The number of ether oxygens (including phenoxy) is 1. The van der Waals surface area contributed by atoms with Crippen molar-refractivity contribution in [1.82, 2.24) is 9.88 Å². The van der Waals surface area contributed by atoms with Crippen molar-refractivity contribution < 1.29 is 14.3 Å². The Bertz CT molecular complexity index is 875. The average Bonchev–Trinajstić information content (AvgIpc) is 3.44. The van der Waals surface area contributed by atoms with E-state index in [2.05, 4.69) is 17.1 Å². The highest BCUT2D eigenvalue weighted by Crippen LogP contribution is 2.38. The van der Waals surface area contributed by atoms with Crippen LogP contribution in [-0.2, 0) is 16.1 Å². The number of hydrogen-bond donors (Lipinski definition) is 1. The van der Waals surface area contributed by atoms with Gasteiger partial charge in [0.15, 0.2) is 0 Å². The highest BCUT2D eigenvalue weighted by molar-refractivity contribution is 7.21. The predicted octanol–water partition coefficient (Wildman–Crippen LogP) is 3.66. The third kappa shape index (κ3) is 3.99. The highest BCUT2D eigenvalue weighted by atomic mass is 32.1. The smallest absolute Gasteiger partial charge is 0.350 e. The van der Waals surface area contributed by atoms with Gasteiger partial charge in [-0.05, 0) is 50.3 Å². The van der Waals surface area contributed by atoms with Gasteiger partial charge in [-0.1, -0.05) is 6.92 Å². The number of nitrogens with zero attached hydrogens (tertiary/aromatic N) is 2. The Balaban J connectivity index is 1.62. The molecule has 1 aliphatic heterocycles. The summed E-state index contributed by atoms with van der Waals surface area (Å²) >= 11 is 1.29. The van der Waals surface area contributed by atoms with Crippen LogP contribution in [0.25, 0.3) is 10.2 Å². The van der Waals surface area contributed by atoms with Crippen LogP contribution in [0.15, 0.2) is 12.1 Å². The third-order valence-corrected chi connectivity index (χ3v) is 6.39. The molecule has 1 saturated carbocycles. The summed E-state index contributed by atoms with van der Waals surface area (Å²) in [5.41, 5.74) is 1.54. The summed E-state index contributed by atoms with van der Waals surface area (Å²) in [7, 11) is 1.36. The second kappa shape index (κ2) is 7.56. The number of rotatable bonds is 5. The van der Waals surface area contributed by atoms with Gasteiger partial charge in [-0.15, -0.1) is 11.3 Å². The molecule has 6 nitrogen and oxygen atoms in total. The summed E-state index contributed by atoms with van der Waals surface area (Å²) in [5.74, 6) is 0.333. The zero-order valence-corrected chi connectivity index (χ0v) is 16.6. The van der Waals surface area contributed by atoms with E-state index in [9.17, 15) is 9.59 Å². The maximum absolute atomic E-state index is 12.3. The van der Waals surface area contributed by atoms with Gasteiger partial charge in [0.25, 0.3) is 0 Å². The number of nitrogens with one attached hydrogen (secondary N) is 1. The Morgan fingerprint density at radius 3 is 2.85 bits per heavy atom. The first-order valence-corrected chi connectivity index (χ1v) is 10.4. The molecule has 144 valence electrons. The molecule has 2 aromatic heterocycles. The molecule has 1 amide bonds. The van der Waals surface area contributed by atoms with Gasteiger partial charge in [0.1, 0.15) is 9.71 Å². The number of anilines is 1. The number of pyridine rings is 1. The molecule has 1 saturated heterocycles. The maximum atomic E-state index is 12.3. The Morgan fingerprint density at radius 2 is 2.15 bits per heavy atom. The number of thiophene rings is 1. The van der Waals surface area contributed by atoms with Crippen molar-refractivity contribution in [3.05, 3.63) is 22.7 Å². The van der Waals surface area contributed by atoms with Crippen molar-refractivity contribution >= 4 is 39.1 Å². The van der Waals surface area contributed by atoms with E-state index < -0.39 is 5.97 Å². The minimum atomic E-state index is -0.435. The van der Waals surface area contributed by atoms with Crippen molar-refractivity contribution in [2.75, 3.05) is 25.5 Å². The topological polar surface area (TPSA) is 71.5 Å². The molecule has 1 unspecified atom stereocenters. The standard InChI is InChI=1S/C20H25N3O3S/c1-12-4-3-9-23(10-12)11-14-7-8-15-16(22-18(24)13-5-6-13)17(20(25)26-2)27-19(15)21-14/h7-8,12-13H,3-6,9-11H2,1-2H3,(H,22,24). The van der Waals surface area contributed by atoms with E-state index >= 15 is 0 Å². The van der Waals surface area contributed by atoms with Crippen LogP contribution in [0.4, 0.5) is 5.69 Å². The lowest BCUT2D eigenvalue weighted by atomic mass is 10.0. The maximum Gasteiger partial charge on any atom is 0.350 e. The molecule has 1 atom stereocenters. The zero-order chi connectivity index (χ0) is 19.0. The number of carbonyl (C=O) groups is 2. The largest absolute Gasteiger partial charge is 0.465 e. The summed E-state index contributed by atoms with van der Waals surface area (Å²) in [6.07, 6.45) is 4.35. The summed E-state index contributed by atoms with van der Waals surface area (Å²) in [4.78, 5) is 32.9. The number of aromatic nitrogens is 1. The van der Waals surface area contributed by atoms with Gasteiger partial charge in [0, 0.05) is 24.4 Å². The lowest BCUT2D eigenvalue weighted by Gasteiger charge is -2.30. The molecule has 2 fully saturated rings. The van der Waals surface area contributed by atoms with Crippen molar-refractivity contribution in [2.45, 2.75) is 39.2 Å². The highest BCUT2D eigenvalue weighted by Gasteiger charge is 2.32. The third-order valence-electron chi connectivity index (χ3n) is 5.31. The second-order valence-corrected chi connectivity index (χ2v) is 8.70. The SMILES string of the molecule is COC(=O)c1sc2nc(CN3CCCC(C)C3)ccc2c1NC(=O)C1CC1. The van der Waals surface area contributed by atoms with E-state index in [4.69, 9.17) is 9.72 Å². The van der Waals surface area contributed by atoms with Crippen molar-refractivity contribution in [3.8, 4) is 0 Å². The summed E-state index contributed by atoms with van der Waals surface area (Å²) in [5, 5.41) is 3.75. The first-order valence-electron chi connectivity index (χ1n) is 9.59. The molecule has 7 heteroatoms. The van der Waals surface area contributed by atoms with Crippen LogP contribution in [0, 0.1) is 11.8 Å². The molecular weight excluding hydrogens is 362 g/mol. The lowest BCUT2D eigenvalue weighted by molar-refractivity contribution is -0.117. The molecular formula is C20H25N3O3S. The van der Waals surface area contributed by atoms with Crippen LogP contribution in [0.1, 0.15) is 48.0 Å². The molecule has 2 aromatic rings. The van der Waals surface area contributed by atoms with Gasteiger partial charge < -0.3 is 10.1 Å². The fraction of sp³-hybridized carbons (Fsp3) is 0.550. The van der Waals surface area contributed by atoms with Gasteiger partial charge in [-0.2, -0.15) is 0 Å². The molecule has 0 radical (unpaired) electrons. The summed E-state index contributed by atoms with van der Waals surface area (Å²) in [6, 6.07) is 3.97. The Labute approximate surface area is 162 Å². The van der Waals surface area contributed by atoms with Crippen LogP contribution in [0.5, 0.6) is 0 Å². The molecule has 1 N–H and O–H groups in total. The quantitative estimate of drug-likeness (QED) is 0.793. The van der Waals surface area contributed by atoms with E-state index in [0.29, 0.717) is 10.6 Å². The number of likely N-dealkylation sites (tertiary alicyclic amines) is 1. The number of fused-ring (bicyclic) bond motifs is 1. The minimum absolute atomic E-state index is 0.0220. The molecule has 0 spiro atoms. The second-order valence-electron chi connectivity index (χ2n) is 7.70. The number of piperidine rings is 1. The number of esters is 1. The first kappa shape index (κ1) is 18.4. The Morgan fingerprint density at radius 1 is 1.33 bits per heavy atom. The zero-order valence-electron chi connectivity index (χ0n) is 15.8. The monoisotopic (exact) mass is 387 g/mol. The van der Waals surface area contributed by atoms with Gasteiger partial charge >= 0.3 is 5.97 Å². The minimum Gasteiger partial charge on any atom is -0.465 e. The van der Waals surface area contributed by atoms with E-state index in [1.54, 1.807) is 0 Å². The molecule has 2 aliphatic rings. The average molecular weight is 388 g/mol. The first-order chi connectivity index (χ1) is 13.0. The van der Waals surface area contributed by atoms with Crippen molar-refractivity contribution in [3.63, 3.8) is 0 Å². The van der Waals surface area contributed by atoms with Crippen LogP contribution >= 0.6 is 11.3 Å². The molecule has 27 heavy (non-hydrogen) atoms. The van der Waals surface area contributed by atoms with Crippen LogP contribution < -0.4 is 5.32 Å². The molecule has 0 bridgehead atoms. The van der Waals surface area contributed by atoms with E-state index in [0.717, 1.165) is 54.3 Å². The summed E-state index contributed by atoms with van der Waals surface area (Å²) in [6.45, 7) is 5.31. The van der Waals surface area contributed by atoms with Crippen LogP contribution in [0.2, 0.25) is 0 Å². The fourth-order valence-corrected chi connectivity index (χ4v) is 4.76.